The number of benzene rings is 2. The van der Waals surface area contributed by atoms with E-state index < -0.39 is 0 Å². The zero-order chi connectivity index (χ0) is 14.9. The van der Waals surface area contributed by atoms with Gasteiger partial charge in [-0.05, 0) is 30.7 Å². The van der Waals surface area contributed by atoms with E-state index in [0.717, 1.165) is 19.5 Å². The first kappa shape index (κ1) is 16.0. The number of hydrogen-bond acceptors (Lipinski definition) is 2. The molecule has 0 heterocycles. The van der Waals surface area contributed by atoms with Crippen LogP contribution < -0.4 is 5.32 Å². The fourth-order valence-corrected chi connectivity index (χ4v) is 2.11. The largest absolute Gasteiger partial charge is 0.377 e. The lowest BCUT2D eigenvalue weighted by Gasteiger charge is -2.07. The van der Waals surface area contributed by atoms with Gasteiger partial charge < -0.3 is 10.1 Å². The van der Waals surface area contributed by atoms with Crippen LogP contribution in [0.2, 0.25) is 5.02 Å². The molecule has 2 aromatic carbocycles. The molecule has 4 heteroatoms. The van der Waals surface area contributed by atoms with E-state index in [4.69, 9.17) is 16.3 Å². The monoisotopic (exact) mass is 307 g/mol. The van der Waals surface area contributed by atoms with Crippen LogP contribution in [0.4, 0.5) is 4.39 Å². The van der Waals surface area contributed by atoms with Gasteiger partial charge >= 0.3 is 0 Å². The van der Waals surface area contributed by atoms with E-state index in [-0.39, 0.29) is 12.4 Å². The standard InChI is InChI=1S/C17H19ClFNO/c18-16-8-7-15(17(19)11-16)13-21-10-4-9-20-12-14-5-2-1-3-6-14/h1-3,5-8,11,20H,4,9-10,12-13H2. The van der Waals surface area contributed by atoms with Crippen LogP contribution in [0.5, 0.6) is 0 Å². The molecule has 0 saturated carbocycles. The van der Waals surface area contributed by atoms with E-state index in [1.54, 1.807) is 12.1 Å². The van der Waals surface area contributed by atoms with Crippen molar-refractivity contribution in [1.29, 1.82) is 0 Å². The van der Waals surface area contributed by atoms with Gasteiger partial charge in [-0.1, -0.05) is 48.0 Å². The van der Waals surface area contributed by atoms with Gasteiger partial charge in [0.2, 0.25) is 0 Å². The highest BCUT2D eigenvalue weighted by atomic mass is 35.5. The van der Waals surface area contributed by atoms with Gasteiger partial charge in [0.15, 0.2) is 0 Å². The van der Waals surface area contributed by atoms with Gasteiger partial charge in [-0.15, -0.1) is 0 Å². The molecule has 0 unspecified atom stereocenters. The van der Waals surface area contributed by atoms with Crippen LogP contribution in [0, 0.1) is 5.82 Å². The van der Waals surface area contributed by atoms with Crippen molar-refractivity contribution in [1.82, 2.24) is 5.32 Å². The van der Waals surface area contributed by atoms with Gasteiger partial charge in [0.25, 0.3) is 0 Å². The highest BCUT2D eigenvalue weighted by Gasteiger charge is 2.02. The van der Waals surface area contributed by atoms with Crippen LogP contribution in [0.15, 0.2) is 48.5 Å². The predicted octanol–water partition coefficient (Wildman–Crippen LogP) is 4.18. The summed E-state index contributed by atoms with van der Waals surface area (Å²) in [5, 5.41) is 3.75. The summed E-state index contributed by atoms with van der Waals surface area (Å²) >= 11 is 5.70. The minimum absolute atomic E-state index is 0.279. The van der Waals surface area contributed by atoms with Gasteiger partial charge in [0.1, 0.15) is 5.82 Å². The molecular formula is C17H19ClFNO. The number of rotatable bonds is 8. The Morgan fingerprint density at radius 2 is 1.90 bits per heavy atom. The number of hydrogen-bond donors (Lipinski definition) is 1. The molecule has 0 aliphatic carbocycles. The van der Waals surface area contributed by atoms with Crippen LogP contribution >= 0.6 is 11.6 Å². The molecule has 21 heavy (non-hydrogen) atoms. The van der Waals surface area contributed by atoms with E-state index in [9.17, 15) is 4.39 Å². The molecule has 0 bridgehead atoms. The lowest BCUT2D eigenvalue weighted by atomic mass is 10.2. The lowest BCUT2D eigenvalue weighted by molar-refractivity contribution is 0.116. The van der Waals surface area contributed by atoms with E-state index in [1.807, 2.05) is 18.2 Å². The third-order valence-electron chi connectivity index (χ3n) is 3.09. The lowest BCUT2D eigenvalue weighted by Crippen LogP contribution is -2.16. The second kappa shape index (κ2) is 8.78. The van der Waals surface area contributed by atoms with Crippen molar-refractivity contribution in [3.05, 3.63) is 70.5 Å². The molecule has 112 valence electrons. The summed E-state index contributed by atoms with van der Waals surface area (Å²) < 4.78 is 19.0. The molecule has 2 aromatic rings. The van der Waals surface area contributed by atoms with Crippen molar-refractivity contribution in [2.75, 3.05) is 13.2 Å². The maximum atomic E-state index is 13.5. The number of halogens is 2. The Hall–Kier alpha value is -1.42. The third-order valence-corrected chi connectivity index (χ3v) is 3.32. The van der Waals surface area contributed by atoms with E-state index in [1.165, 1.54) is 11.6 Å². The van der Waals surface area contributed by atoms with E-state index in [2.05, 4.69) is 17.4 Å². The van der Waals surface area contributed by atoms with Crippen LogP contribution in [-0.2, 0) is 17.9 Å². The smallest absolute Gasteiger partial charge is 0.130 e. The van der Waals surface area contributed by atoms with Crippen molar-refractivity contribution in [2.45, 2.75) is 19.6 Å². The van der Waals surface area contributed by atoms with Crippen LogP contribution in [0.25, 0.3) is 0 Å². The summed E-state index contributed by atoms with van der Waals surface area (Å²) in [5.74, 6) is -0.315. The molecule has 0 saturated heterocycles. The van der Waals surface area contributed by atoms with E-state index >= 15 is 0 Å². The maximum absolute atomic E-state index is 13.5. The Kier molecular flexibility index (Phi) is 6.67. The summed E-state index contributed by atoms with van der Waals surface area (Å²) in [4.78, 5) is 0. The summed E-state index contributed by atoms with van der Waals surface area (Å²) in [6.07, 6.45) is 0.891. The van der Waals surface area contributed by atoms with Crippen LogP contribution in [-0.4, -0.2) is 13.2 Å². The Bertz CT molecular complexity index is 548. The van der Waals surface area contributed by atoms with Gasteiger partial charge in [-0.3, -0.25) is 0 Å². The normalized spacial score (nSPS) is 10.8. The summed E-state index contributed by atoms with van der Waals surface area (Å²) in [7, 11) is 0. The van der Waals surface area contributed by atoms with Crippen molar-refractivity contribution < 1.29 is 9.13 Å². The first-order valence-electron chi connectivity index (χ1n) is 7.02. The topological polar surface area (TPSA) is 21.3 Å². The molecule has 2 nitrogen and oxygen atoms in total. The fraction of sp³-hybridized carbons (Fsp3) is 0.294. The fourth-order valence-electron chi connectivity index (χ4n) is 1.95. The average Bonchev–Trinajstić information content (AvgIpc) is 2.49. The number of nitrogens with one attached hydrogen (secondary N) is 1. The zero-order valence-corrected chi connectivity index (χ0v) is 12.6. The summed E-state index contributed by atoms with van der Waals surface area (Å²) in [6, 6.07) is 14.9. The summed E-state index contributed by atoms with van der Waals surface area (Å²) in [6.45, 7) is 2.61. The Morgan fingerprint density at radius 3 is 2.67 bits per heavy atom. The van der Waals surface area contributed by atoms with Crippen LogP contribution in [0.3, 0.4) is 0 Å². The van der Waals surface area contributed by atoms with E-state index in [0.29, 0.717) is 17.2 Å². The molecule has 1 N–H and O–H groups in total. The van der Waals surface area contributed by atoms with Gasteiger partial charge in [0, 0.05) is 23.7 Å². The summed E-state index contributed by atoms with van der Waals surface area (Å²) in [5.41, 5.74) is 1.80. The second-order valence-corrected chi connectivity index (χ2v) is 5.24. The quantitative estimate of drug-likeness (QED) is 0.739. The molecule has 0 spiro atoms. The SMILES string of the molecule is Fc1cc(Cl)ccc1COCCCNCc1ccccc1. The second-order valence-electron chi connectivity index (χ2n) is 4.80. The minimum atomic E-state index is -0.315. The Morgan fingerprint density at radius 1 is 1.10 bits per heavy atom. The molecule has 0 radical (unpaired) electrons. The molecular weight excluding hydrogens is 289 g/mol. The van der Waals surface area contributed by atoms with Crippen molar-refractivity contribution in [3.8, 4) is 0 Å². The molecule has 0 aromatic heterocycles. The first-order chi connectivity index (χ1) is 10.3. The molecule has 0 atom stereocenters. The molecule has 0 fully saturated rings. The molecule has 2 rings (SSSR count). The van der Waals surface area contributed by atoms with Crippen LogP contribution in [0.1, 0.15) is 17.5 Å². The van der Waals surface area contributed by atoms with Crippen molar-refractivity contribution in [3.63, 3.8) is 0 Å². The Balaban J connectivity index is 1.56. The first-order valence-corrected chi connectivity index (χ1v) is 7.40. The minimum Gasteiger partial charge on any atom is -0.377 e. The van der Waals surface area contributed by atoms with Crippen molar-refractivity contribution >= 4 is 11.6 Å². The van der Waals surface area contributed by atoms with Gasteiger partial charge in [-0.2, -0.15) is 0 Å². The highest BCUT2D eigenvalue weighted by molar-refractivity contribution is 6.30. The third kappa shape index (κ3) is 5.84. The maximum Gasteiger partial charge on any atom is 0.130 e. The predicted molar refractivity (Wildman–Crippen MR) is 83.8 cm³/mol. The number of ether oxygens (including phenoxy) is 1. The van der Waals surface area contributed by atoms with Gasteiger partial charge in [0.05, 0.1) is 6.61 Å². The van der Waals surface area contributed by atoms with Crippen molar-refractivity contribution in [2.24, 2.45) is 0 Å². The molecule has 0 aliphatic rings. The average molecular weight is 308 g/mol. The van der Waals surface area contributed by atoms with Gasteiger partial charge in [-0.25, -0.2) is 4.39 Å². The molecule has 0 amide bonds. The zero-order valence-electron chi connectivity index (χ0n) is 11.8. The Labute approximate surface area is 129 Å². The molecule has 0 aliphatic heterocycles. The highest BCUT2D eigenvalue weighted by Crippen LogP contribution is 2.15.